The number of nitrogen functional groups attached to an aromatic ring is 1. The van der Waals surface area contributed by atoms with Crippen molar-refractivity contribution in [2.45, 2.75) is 32.4 Å². The zero-order valence-corrected chi connectivity index (χ0v) is 10.4. The summed E-state index contributed by atoms with van der Waals surface area (Å²) in [6.45, 7) is 5.94. The summed E-state index contributed by atoms with van der Waals surface area (Å²) in [6.07, 6.45) is 2.77. The van der Waals surface area contributed by atoms with Gasteiger partial charge in [-0.25, -0.2) is 4.98 Å². The smallest absolute Gasteiger partial charge is 0.123 e. The Labute approximate surface area is 103 Å². The fourth-order valence-electron chi connectivity index (χ4n) is 2.20. The molecule has 0 spiro atoms. The van der Waals surface area contributed by atoms with Gasteiger partial charge in [0.25, 0.3) is 0 Å². The highest BCUT2D eigenvalue weighted by atomic mass is 16.5. The Hall–Kier alpha value is -1.13. The molecule has 4 heteroatoms. The molecule has 1 unspecified atom stereocenters. The molecule has 0 radical (unpaired) electrons. The summed E-state index contributed by atoms with van der Waals surface area (Å²) >= 11 is 0. The minimum atomic E-state index is 0.399. The molecule has 1 aromatic heterocycles. The third-order valence-electron chi connectivity index (χ3n) is 3.15. The molecule has 0 amide bonds. The summed E-state index contributed by atoms with van der Waals surface area (Å²) in [5.41, 5.74) is 6.72. The average molecular weight is 235 g/mol. The number of anilines is 1. The molecule has 2 rings (SSSR count). The van der Waals surface area contributed by atoms with Gasteiger partial charge >= 0.3 is 0 Å². The lowest BCUT2D eigenvalue weighted by molar-refractivity contribution is 0.0721. The van der Waals surface area contributed by atoms with Gasteiger partial charge in [-0.15, -0.1) is 0 Å². The molecule has 4 nitrogen and oxygen atoms in total. The van der Waals surface area contributed by atoms with Crippen LogP contribution < -0.4 is 5.73 Å². The molecule has 1 aliphatic heterocycles. The lowest BCUT2D eigenvalue weighted by Crippen LogP contribution is -2.31. The number of likely N-dealkylation sites (N-methyl/N-ethyl adjacent to an activating group) is 1. The van der Waals surface area contributed by atoms with Crippen LogP contribution in [0.25, 0.3) is 0 Å². The molecule has 0 bridgehead atoms. The molecule has 0 aliphatic carbocycles. The van der Waals surface area contributed by atoms with Crippen molar-refractivity contribution in [3.05, 3.63) is 23.9 Å². The maximum absolute atomic E-state index is 5.69. The highest BCUT2D eigenvalue weighted by Gasteiger charge is 2.18. The Morgan fingerprint density at radius 1 is 1.53 bits per heavy atom. The minimum absolute atomic E-state index is 0.399. The Balaban J connectivity index is 1.90. The van der Waals surface area contributed by atoms with Gasteiger partial charge in [0.2, 0.25) is 0 Å². The summed E-state index contributed by atoms with van der Waals surface area (Å²) in [6, 6.07) is 5.80. The van der Waals surface area contributed by atoms with Gasteiger partial charge in [0.15, 0.2) is 0 Å². The first-order valence-corrected chi connectivity index (χ1v) is 6.33. The highest BCUT2D eigenvalue weighted by Crippen LogP contribution is 2.14. The van der Waals surface area contributed by atoms with Gasteiger partial charge in [0.1, 0.15) is 5.82 Å². The number of nitrogens with zero attached hydrogens (tertiary/aromatic N) is 2. The molecule has 94 valence electrons. The van der Waals surface area contributed by atoms with E-state index in [2.05, 4.69) is 16.8 Å². The Morgan fingerprint density at radius 2 is 2.41 bits per heavy atom. The Morgan fingerprint density at radius 3 is 3.06 bits per heavy atom. The van der Waals surface area contributed by atoms with Gasteiger partial charge < -0.3 is 10.5 Å². The van der Waals surface area contributed by atoms with Crippen LogP contribution in [0.1, 0.15) is 25.5 Å². The fraction of sp³-hybridized carbons (Fsp3) is 0.615. The predicted molar refractivity (Wildman–Crippen MR) is 68.6 cm³/mol. The third-order valence-corrected chi connectivity index (χ3v) is 3.15. The second-order valence-electron chi connectivity index (χ2n) is 4.52. The fourth-order valence-corrected chi connectivity index (χ4v) is 2.20. The quantitative estimate of drug-likeness (QED) is 0.843. The Kier molecular flexibility index (Phi) is 4.34. The normalized spacial score (nSPS) is 20.0. The first-order valence-electron chi connectivity index (χ1n) is 6.33. The molecule has 1 fully saturated rings. The van der Waals surface area contributed by atoms with Crippen molar-refractivity contribution in [2.24, 2.45) is 0 Å². The van der Waals surface area contributed by atoms with Crippen LogP contribution >= 0.6 is 0 Å². The van der Waals surface area contributed by atoms with E-state index in [0.717, 1.165) is 31.9 Å². The van der Waals surface area contributed by atoms with E-state index < -0.39 is 0 Å². The maximum atomic E-state index is 5.69. The van der Waals surface area contributed by atoms with Crippen LogP contribution in [0.4, 0.5) is 5.82 Å². The van der Waals surface area contributed by atoms with Crippen LogP contribution in [0.2, 0.25) is 0 Å². The minimum Gasteiger partial charge on any atom is -0.384 e. The van der Waals surface area contributed by atoms with Crippen LogP contribution in [0.15, 0.2) is 18.2 Å². The zero-order chi connectivity index (χ0) is 12.1. The summed E-state index contributed by atoms with van der Waals surface area (Å²) in [4.78, 5) is 6.69. The van der Waals surface area contributed by atoms with Gasteiger partial charge in [-0.05, 0) is 31.5 Å². The summed E-state index contributed by atoms with van der Waals surface area (Å²) in [7, 11) is 0. The molecule has 0 saturated carbocycles. The van der Waals surface area contributed by atoms with Crippen molar-refractivity contribution in [1.29, 1.82) is 0 Å². The van der Waals surface area contributed by atoms with E-state index in [1.807, 2.05) is 18.2 Å². The van der Waals surface area contributed by atoms with Crippen molar-refractivity contribution in [1.82, 2.24) is 9.88 Å². The molecule has 1 aliphatic rings. The molecule has 2 heterocycles. The van der Waals surface area contributed by atoms with Crippen LogP contribution in [0.5, 0.6) is 0 Å². The number of hydrogen-bond acceptors (Lipinski definition) is 4. The second kappa shape index (κ2) is 5.98. The van der Waals surface area contributed by atoms with E-state index in [1.54, 1.807) is 0 Å². The summed E-state index contributed by atoms with van der Waals surface area (Å²) in [5, 5.41) is 0. The van der Waals surface area contributed by atoms with Gasteiger partial charge in [-0.1, -0.05) is 13.0 Å². The predicted octanol–water partition coefficient (Wildman–Crippen LogP) is 1.66. The van der Waals surface area contributed by atoms with Crippen molar-refractivity contribution in [2.75, 3.05) is 25.4 Å². The van der Waals surface area contributed by atoms with E-state index in [1.165, 1.54) is 12.8 Å². The van der Waals surface area contributed by atoms with Gasteiger partial charge in [-0.3, -0.25) is 4.90 Å². The van der Waals surface area contributed by atoms with Gasteiger partial charge in [0, 0.05) is 19.7 Å². The third kappa shape index (κ3) is 3.68. The molecule has 1 atom stereocenters. The SMILES string of the molecule is CCN(Cc1cccc(N)n1)CC1CCCO1. The van der Waals surface area contributed by atoms with E-state index in [-0.39, 0.29) is 0 Å². The van der Waals surface area contributed by atoms with E-state index in [4.69, 9.17) is 10.5 Å². The Bertz CT molecular complexity index is 350. The molecule has 17 heavy (non-hydrogen) atoms. The van der Waals surface area contributed by atoms with E-state index in [0.29, 0.717) is 11.9 Å². The molecular weight excluding hydrogens is 214 g/mol. The molecule has 2 N–H and O–H groups in total. The number of hydrogen-bond donors (Lipinski definition) is 1. The van der Waals surface area contributed by atoms with Crippen LogP contribution in [-0.4, -0.2) is 35.7 Å². The standard InChI is InChI=1S/C13H21N3O/c1-2-16(10-12-6-4-8-17-12)9-11-5-3-7-13(14)15-11/h3,5,7,12H,2,4,6,8-10H2,1H3,(H2,14,15). The van der Waals surface area contributed by atoms with Gasteiger partial charge in [0.05, 0.1) is 11.8 Å². The van der Waals surface area contributed by atoms with Crippen LogP contribution in [-0.2, 0) is 11.3 Å². The maximum Gasteiger partial charge on any atom is 0.123 e. The van der Waals surface area contributed by atoms with Crippen molar-refractivity contribution < 1.29 is 4.74 Å². The topological polar surface area (TPSA) is 51.4 Å². The number of pyridine rings is 1. The summed E-state index contributed by atoms with van der Waals surface area (Å²) < 4.78 is 5.66. The number of ether oxygens (including phenoxy) is 1. The van der Waals surface area contributed by atoms with Crippen molar-refractivity contribution in [3.8, 4) is 0 Å². The zero-order valence-electron chi connectivity index (χ0n) is 10.4. The first kappa shape index (κ1) is 12.3. The molecule has 1 aromatic rings. The monoisotopic (exact) mass is 235 g/mol. The first-order chi connectivity index (χ1) is 8.28. The van der Waals surface area contributed by atoms with Gasteiger partial charge in [-0.2, -0.15) is 0 Å². The van der Waals surface area contributed by atoms with E-state index >= 15 is 0 Å². The number of nitrogens with two attached hydrogens (primary N) is 1. The average Bonchev–Trinajstić information content (AvgIpc) is 2.81. The summed E-state index contributed by atoms with van der Waals surface area (Å²) in [5.74, 6) is 0.593. The molecule has 0 aromatic carbocycles. The highest BCUT2D eigenvalue weighted by molar-refractivity contribution is 5.28. The van der Waals surface area contributed by atoms with Crippen LogP contribution in [0, 0.1) is 0 Å². The number of aromatic nitrogens is 1. The molecule has 1 saturated heterocycles. The van der Waals surface area contributed by atoms with Crippen molar-refractivity contribution in [3.63, 3.8) is 0 Å². The molecular formula is C13H21N3O. The second-order valence-corrected chi connectivity index (χ2v) is 4.52. The number of rotatable bonds is 5. The van der Waals surface area contributed by atoms with Crippen LogP contribution in [0.3, 0.4) is 0 Å². The van der Waals surface area contributed by atoms with E-state index in [9.17, 15) is 0 Å². The largest absolute Gasteiger partial charge is 0.384 e. The van der Waals surface area contributed by atoms with Crippen molar-refractivity contribution >= 4 is 5.82 Å². The lowest BCUT2D eigenvalue weighted by atomic mass is 10.2. The lowest BCUT2D eigenvalue weighted by Gasteiger charge is -2.23.